The summed E-state index contributed by atoms with van der Waals surface area (Å²) in [5.74, 6) is 1.97. The van der Waals surface area contributed by atoms with Crippen LogP contribution in [0.5, 0.6) is 0 Å². The van der Waals surface area contributed by atoms with Crippen LogP contribution in [0.3, 0.4) is 0 Å². The van der Waals surface area contributed by atoms with E-state index >= 15 is 0 Å². The number of aliphatic hydroxyl groups is 2. The predicted octanol–water partition coefficient (Wildman–Crippen LogP) is 0.235. The van der Waals surface area contributed by atoms with E-state index in [4.69, 9.17) is 10.2 Å². The number of hydrogen-bond acceptors (Lipinski definition) is 3. The van der Waals surface area contributed by atoms with Crippen LogP contribution < -0.4 is 0 Å². The molecule has 9 heavy (non-hydrogen) atoms. The number of rotatable bonds is 0. The van der Waals surface area contributed by atoms with Crippen molar-refractivity contribution in [2.45, 2.75) is 25.0 Å². The molecule has 0 bridgehead atoms. The average Bonchev–Trinajstić information content (AvgIpc) is 1.99. The lowest BCUT2D eigenvalue weighted by atomic mass is 10.1. The molecule has 0 aromatic heterocycles. The molecular formula is C6H12O2S. The zero-order valence-electron chi connectivity index (χ0n) is 5.29. The third kappa shape index (κ3) is 2.16. The molecule has 1 aliphatic rings. The summed E-state index contributed by atoms with van der Waals surface area (Å²) in [6.07, 6.45) is 0.539. The van der Waals surface area contributed by atoms with E-state index in [1.807, 2.05) is 0 Å². The summed E-state index contributed by atoms with van der Waals surface area (Å²) in [6.45, 7) is 0. The summed E-state index contributed by atoms with van der Waals surface area (Å²) in [6, 6.07) is 0. The molecule has 2 nitrogen and oxygen atoms in total. The fourth-order valence-electron chi connectivity index (χ4n) is 0.895. The molecule has 1 aliphatic heterocycles. The highest BCUT2D eigenvalue weighted by Gasteiger charge is 2.18. The van der Waals surface area contributed by atoms with Crippen molar-refractivity contribution in [1.29, 1.82) is 0 Å². The monoisotopic (exact) mass is 148 g/mol. The van der Waals surface area contributed by atoms with Gasteiger partial charge in [-0.05, 0) is 24.3 Å². The van der Waals surface area contributed by atoms with Gasteiger partial charge in [0.05, 0.1) is 12.2 Å². The molecule has 0 amide bonds. The minimum absolute atomic E-state index is 0.472. The summed E-state index contributed by atoms with van der Waals surface area (Å²) in [5.41, 5.74) is 0. The molecule has 1 fully saturated rings. The third-order valence-corrected chi connectivity index (χ3v) is 2.61. The van der Waals surface area contributed by atoms with E-state index in [9.17, 15) is 0 Å². The molecule has 0 radical (unpaired) electrons. The lowest BCUT2D eigenvalue weighted by molar-refractivity contribution is 0.0187. The first-order valence-electron chi connectivity index (χ1n) is 3.24. The van der Waals surface area contributed by atoms with Crippen molar-refractivity contribution in [3.63, 3.8) is 0 Å². The van der Waals surface area contributed by atoms with Crippen molar-refractivity contribution < 1.29 is 10.2 Å². The van der Waals surface area contributed by atoms with E-state index in [-0.39, 0.29) is 0 Å². The van der Waals surface area contributed by atoms with Crippen molar-refractivity contribution >= 4 is 11.8 Å². The summed E-state index contributed by atoms with van der Waals surface area (Å²) >= 11 is 1.80. The highest BCUT2D eigenvalue weighted by Crippen LogP contribution is 2.16. The molecule has 0 aromatic rings. The molecule has 2 atom stereocenters. The topological polar surface area (TPSA) is 40.5 Å². The second-order valence-electron chi connectivity index (χ2n) is 2.32. The molecule has 1 rings (SSSR count). The standard InChI is InChI=1S/C6H12O2S/c7-5-1-3-9-4-2-6(5)8/h5-8H,1-4H2/t5-,6+. The van der Waals surface area contributed by atoms with Crippen LogP contribution in [0, 0.1) is 0 Å². The van der Waals surface area contributed by atoms with Gasteiger partial charge in [0, 0.05) is 0 Å². The fraction of sp³-hybridized carbons (Fsp3) is 1.00. The smallest absolute Gasteiger partial charge is 0.0807 e. The Morgan fingerprint density at radius 3 is 1.89 bits per heavy atom. The van der Waals surface area contributed by atoms with Gasteiger partial charge in [0.2, 0.25) is 0 Å². The van der Waals surface area contributed by atoms with Gasteiger partial charge in [-0.1, -0.05) is 0 Å². The van der Waals surface area contributed by atoms with Gasteiger partial charge >= 0.3 is 0 Å². The van der Waals surface area contributed by atoms with Crippen molar-refractivity contribution in [3.05, 3.63) is 0 Å². The molecule has 0 aliphatic carbocycles. The van der Waals surface area contributed by atoms with Crippen LogP contribution in [0.25, 0.3) is 0 Å². The van der Waals surface area contributed by atoms with Gasteiger partial charge in [0.15, 0.2) is 0 Å². The Hall–Kier alpha value is 0.270. The summed E-state index contributed by atoms with van der Waals surface area (Å²) in [5, 5.41) is 18.2. The van der Waals surface area contributed by atoms with Crippen LogP contribution in [0.1, 0.15) is 12.8 Å². The van der Waals surface area contributed by atoms with Crippen LogP contribution >= 0.6 is 11.8 Å². The Kier molecular flexibility index (Phi) is 2.82. The SMILES string of the molecule is O[C@@H]1CCSCC[C@@H]1O. The van der Waals surface area contributed by atoms with Crippen LogP contribution in [0.2, 0.25) is 0 Å². The van der Waals surface area contributed by atoms with Gasteiger partial charge in [-0.25, -0.2) is 0 Å². The molecule has 2 N–H and O–H groups in total. The Bertz CT molecular complexity index is 77.1. The van der Waals surface area contributed by atoms with Crippen molar-refractivity contribution in [3.8, 4) is 0 Å². The predicted molar refractivity (Wildman–Crippen MR) is 38.6 cm³/mol. The van der Waals surface area contributed by atoms with Gasteiger partial charge < -0.3 is 10.2 Å². The molecule has 54 valence electrons. The Morgan fingerprint density at radius 1 is 1.00 bits per heavy atom. The van der Waals surface area contributed by atoms with Crippen molar-refractivity contribution in [2.24, 2.45) is 0 Å². The Labute approximate surface area is 59.3 Å². The Balaban J connectivity index is 2.32. The first-order chi connectivity index (χ1) is 4.30. The molecule has 0 saturated carbocycles. The highest BCUT2D eigenvalue weighted by molar-refractivity contribution is 7.99. The Morgan fingerprint density at radius 2 is 1.44 bits per heavy atom. The van der Waals surface area contributed by atoms with E-state index in [1.54, 1.807) is 11.8 Å². The second kappa shape index (κ2) is 3.44. The normalized spacial score (nSPS) is 38.0. The fourth-order valence-corrected chi connectivity index (χ4v) is 1.92. The average molecular weight is 148 g/mol. The quantitative estimate of drug-likeness (QED) is 0.517. The van der Waals surface area contributed by atoms with Gasteiger partial charge in [0.1, 0.15) is 0 Å². The first-order valence-corrected chi connectivity index (χ1v) is 4.40. The van der Waals surface area contributed by atoms with Crippen LogP contribution in [0.15, 0.2) is 0 Å². The number of aliphatic hydroxyl groups excluding tert-OH is 2. The van der Waals surface area contributed by atoms with E-state index in [2.05, 4.69) is 0 Å². The van der Waals surface area contributed by atoms with E-state index in [0.29, 0.717) is 0 Å². The maximum atomic E-state index is 9.09. The lowest BCUT2D eigenvalue weighted by Crippen LogP contribution is -2.24. The van der Waals surface area contributed by atoms with Crippen LogP contribution in [-0.2, 0) is 0 Å². The number of hydrogen-bond donors (Lipinski definition) is 2. The molecular weight excluding hydrogens is 136 g/mol. The van der Waals surface area contributed by atoms with Gasteiger partial charge in [-0.15, -0.1) is 0 Å². The van der Waals surface area contributed by atoms with Crippen molar-refractivity contribution in [1.82, 2.24) is 0 Å². The van der Waals surface area contributed by atoms with E-state index < -0.39 is 12.2 Å². The minimum atomic E-state index is -0.472. The number of thioether (sulfide) groups is 1. The van der Waals surface area contributed by atoms with Crippen LogP contribution in [0.4, 0.5) is 0 Å². The van der Waals surface area contributed by atoms with E-state index in [1.165, 1.54) is 0 Å². The van der Waals surface area contributed by atoms with Gasteiger partial charge in [-0.2, -0.15) is 11.8 Å². The minimum Gasteiger partial charge on any atom is -0.390 e. The molecule has 1 heterocycles. The second-order valence-corrected chi connectivity index (χ2v) is 3.55. The summed E-state index contributed by atoms with van der Waals surface area (Å²) in [7, 11) is 0. The largest absolute Gasteiger partial charge is 0.390 e. The third-order valence-electron chi connectivity index (χ3n) is 1.56. The van der Waals surface area contributed by atoms with Crippen LogP contribution in [-0.4, -0.2) is 33.9 Å². The van der Waals surface area contributed by atoms with Crippen molar-refractivity contribution in [2.75, 3.05) is 11.5 Å². The molecule has 3 heteroatoms. The van der Waals surface area contributed by atoms with Gasteiger partial charge in [0.25, 0.3) is 0 Å². The molecule has 0 aromatic carbocycles. The summed E-state index contributed by atoms with van der Waals surface area (Å²) < 4.78 is 0. The maximum Gasteiger partial charge on any atom is 0.0807 e. The summed E-state index contributed by atoms with van der Waals surface area (Å²) in [4.78, 5) is 0. The molecule has 1 saturated heterocycles. The molecule has 0 unspecified atom stereocenters. The first kappa shape index (κ1) is 7.38. The van der Waals surface area contributed by atoms with Gasteiger partial charge in [-0.3, -0.25) is 0 Å². The zero-order chi connectivity index (χ0) is 6.69. The lowest BCUT2D eigenvalue weighted by Gasteiger charge is -2.11. The maximum absolute atomic E-state index is 9.09. The van der Waals surface area contributed by atoms with E-state index in [0.717, 1.165) is 24.3 Å². The zero-order valence-corrected chi connectivity index (χ0v) is 6.10. The molecule has 0 spiro atoms. The highest BCUT2D eigenvalue weighted by atomic mass is 32.2.